The number of aromatic nitrogens is 3. The fourth-order valence-corrected chi connectivity index (χ4v) is 2.86. The summed E-state index contributed by atoms with van der Waals surface area (Å²) in [6.07, 6.45) is 1.56. The summed E-state index contributed by atoms with van der Waals surface area (Å²) in [4.78, 5) is 0. The van der Waals surface area contributed by atoms with E-state index in [4.69, 9.17) is 33.0 Å². The number of nitrogens with one attached hydrogen (secondary N) is 1. The topological polar surface area (TPSA) is 68.3 Å². The van der Waals surface area contributed by atoms with E-state index in [1.54, 1.807) is 31.3 Å². The van der Waals surface area contributed by atoms with Crippen LogP contribution in [0.3, 0.4) is 0 Å². The maximum absolute atomic E-state index is 6.11. The largest absolute Gasteiger partial charge is 0.484 e. The van der Waals surface area contributed by atoms with Crippen LogP contribution in [0.25, 0.3) is 0 Å². The SMILES string of the molecule is Cc1n[nH]c(=S)n1N=Cc1ccc(COc2ccc(Br)cc2Cl)o1. The van der Waals surface area contributed by atoms with Gasteiger partial charge in [0.25, 0.3) is 0 Å². The van der Waals surface area contributed by atoms with Crippen molar-refractivity contribution >= 4 is 46.0 Å². The molecule has 0 unspecified atom stereocenters. The molecule has 1 N–H and O–H groups in total. The van der Waals surface area contributed by atoms with Gasteiger partial charge in [0.15, 0.2) is 0 Å². The van der Waals surface area contributed by atoms with Gasteiger partial charge in [-0.15, -0.1) is 0 Å². The van der Waals surface area contributed by atoms with Crippen LogP contribution in [0.4, 0.5) is 0 Å². The first-order valence-corrected chi connectivity index (χ1v) is 8.46. The van der Waals surface area contributed by atoms with E-state index in [0.29, 0.717) is 32.9 Å². The molecule has 0 amide bonds. The van der Waals surface area contributed by atoms with Crippen LogP contribution in [-0.4, -0.2) is 21.1 Å². The van der Waals surface area contributed by atoms with Crippen molar-refractivity contribution in [1.29, 1.82) is 0 Å². The quantitative estimate of drug-likeness (QED) is 0.472. The molecular formula is C15H12BrClN4O2S. The van der Waals surface area contributed by atoms with Crippen molar-refractivity contribution in [3.8, 4) is 5.75 Å². The van der Waals surface area contributed by atoms with Crippen molar-refractivity contribution in [1.82, 2.24) is 14.9 Å². The Bertz CT molecular complexity index is 947. The number of hydrogen-bond acceptors (Lipinski definition) is 5. The van der Waals surface area contributed by atoms with Gasteiger partial charge >= 0.3 is 0 Å². The lowest BCUT2D eigenvalue weighted by Crippen LogP contribution is -1.95. The molecule has 0 saturated heterocycles. The van der Waals surface area contributed by atoms with Gasteiger partial charge in [-0.2, -0.15) is 14.9 Å². The lowest BCUT2D eigenvalue weighted by Gasteiger charge is -2.06. The molecule has 6 nitrogen and oxygen atoms in total. The number of benzene rings is 1. The van der Waals surface area contributed by atoms with Crippen LogP contribution in [0.5, 0.6) is 5.75 Å². The summed E-state index contributed by atoms with van der Waals surface area (Å²) in [5, 5.41) is 11.4. The zero-order chi connectivity index (χ0) is 17.1. The van der Waals surface area contributed by atoms with Gasteiger partial charge in [-0.25, -0.2) is 0 Å². The van der Waals surface area contributed by atoms with Crippen molar-refractivity contribution in [2.24, 2.45) is 5.10 Å². The molecule has 1 aromatic carbocycles. The summed E-state index contributed by atoms with van der Waals surface area (Å²) >= 11 is 14.5. The number of H-pyrrole nitrogens is 1. The first-order valence-electron chi connectivity index (χ1n) is 6.88. The molecule has 2 heterocycles. The van der Waals surface area contributed by atoms with Gasteiger partial charge in [0.2, 0.25) is 4.77 Å². The maximum atomic E-state index is 6.11. The van der Waals surface area contributed by atoms with E-state index in [9.17, 15) is 0 Å². The van der Waals surface area contributed by atoms with Gasteiger partial charge in [0.1, 0.15) is 29.7 Å². The highest BCUT2D eigenvalue weighted by molar-refractivity contribution is 9.10. The number of ether oxygens (including phenoxy) is 1. The van der Waals surface area contributed by atoms with E-state index >= 15 is 0 Å². The second kappa shape index (κ2) is 7.33. The van der Waals surface area contributed by atoms with Crippen molar-refractivity contribution in [2.45, 2.75) is 13.5 Å². The van der Waals surface area contributed by atoms with Crippen molar-refractivity contribution < 1.29 is 9.15 Å². The van der Waals surface area contributed by atoms with E-state index in [1.165, 1.54) is 4.68 Å². The molecule has 0 saturated carbocycles. The number of halogens is 2. The molecular weight excluding hydrogens is 416 g/mol. The van der Waals surface area contributed by atoms with E-state index in [1.807, 2.05) is 12.1 Å². The predicted molar refractivity (Wildman–Crippen MR) is 97.3 cm³/mol. The van der Waals surface area contributed by atoms with Gasteiger partial charge in [-0.3, -0.25) is 5.10 Å². The molecule has 24 heavy (non-hydrogen) atoms. The summed E-state index contributed by atoms with van der Waals surface area (Å²) in [6, 6.07) is 9.04. The molecule has 0 spiro atoms. The second-order valence-electron chi connectivity index (χ2n) is 4.80. The average Bonchev–Trinajstić information content (AvgIpc) is 3.12. The Morgan fingerprint density at radius 3 is 3.00 bits per heavy atom. The summed E-state index contributed by atoms with van der Waals surface area (Å²) in [5.74, 6) is 2.49. The fraction of sp³-hybridized carbons (Fsp3) is 0.133. The molecule has 0 aliphatic heterocycles. The van der Waals surface area contributed by atoms with Gasteiger partial charge < -0.3 is 9.15 Å². The molecule has 0 aliphatic rings. The molecule has 124 valence electrons. The van der Waals surface area contributed by atoms with Crippen LogP contribution < -0.4 is 4.74 Å². The smallest absolute Gasteiger partial charge is 0.216 e. The first kappa shape index (κ1) is 16.9. The Kier molecular flexibility index (Phi) is 5.17. The zero-order valence-electron chi connectivity index (χ0n) is 12.5. The Morgan fingerprint density at radius 1 is 1.46 bits per heavy atom. The molecule has 0 bridgehead atoms. The highest BCUT2D eigenvalue weighted by Crippen LogP contribution is 2.28. The minimum atomic E-state index is 0.263. The van der Waals surface area contributed by atoms with Crippen LogP contribution in [0.2, 0.25) is 5.02 Å². The van der Waals surface area contributed by atoms with Crippen LogP contribution in [-0.2, 0) is 6.61 Å². The van der Waals surface area contributed by atoms with Crippen LogP contribution in [0, 0.1) is 11.7 Å². The second-order valence-corrected chi connectivity index (χ2v) is 6.51. The van der Waals surface area contributed by atoms with Crippen LogP contribution >= 0.6 is 39.7 Å². The Balaban J connectivity index is 1.66. The molecule has 9 heteroatoms. The summed E-state index contributed by atoms with van der Waals surface area (Å²) in [7, 11) is 0. The van der Waals surface area contributed by atoms with Gasteiger partial charge in [0, 0.05) is 4.47 Å². The van der Waals surface area contributed by atoms with Crippen LogP contribution in [0.15, 0.2) is 44.3 Å². The van der Waals surface area contributed by atoms with E-state index in [0.717, 1.165) is 4.47 Å². The van der Waals surface area contributed by atoms with Gasteiger partial charge in [-0.1, -0.05) is 27.5 Å². The fourth-order valence-electron chi connectivity index (χ4n) is 1.90. The van der Waals surface area contributed by atoms with Crippen LogP contribution in [0.1, 0.15) is 17.3 Å². The first-order chi connectivity index (χ1) is 11.5. The number of aromatic amines is 1. The van der Waals surface area contributed by atoms with Crippen molar-refractivity contribution in [3.05, 3.63) is 61.9 Å². The minimum absolute atomic E-state index is 0.263. The molecule has 0 atom stereocenters. The molecule has 3 rings (SSSR count). The van der Waals surface area contributed by atoms with E-state index in [2.05, 4.69) is 31.2 Å². The lowest BCUT2D eigenvalue weighted by molar-refractivity contribution is 0.270. The molecule has 3 aromatic rings. The average molecular weight is 428 g/mol. The van der Waals surface area contributed by atoms with Gasteiger partial charge in [0.05, 0.1) is 11.2 Å². The number of rotatable bonds is 5. The van der Waals surface area contributed by atoms with Crippen molar-refractivity contribution in [2.75, 3.05) is 0 Å². The van der Waals surface area contributed by atoms with E-state index in [-0.39, 0.29) is 6.61 Å². The maximum Gasteiger partial charge on any atom is 0.216 e. The molecule has 2 aromatic heterocycles. The normalized spacial score (nSPS) is 11.3. The van der Waals surface area contributed by atoms with Crippen molar-refractivity contribution in [3.63, 3.8) is 0 Å². The Labute approximate surface area is 156 Å². The third-order valence-corrected chi connectivity index (χ3v) is 4.11. The molecule has 0 aliphatic carbocycles. The third kappa shape index (κ3) is 3.95. The monoisotopic (exact) mass is 426 g/mol. The number of nitrogens with zero attached hydrogens (tertiary/aromatic N) is 3. The summed E-state index contributed by atoms with van der Waals surface area (Å²) in [6.45, 7) is 2.06. The standard InChI is InChI=1S/C15H12BrClN4O2S/c1-9-19-20-15(24)21(9)18-7-11-3-4-12(23-11)8-22-14-5-2-10(16)6-13(14)17/h2-7H,8H2,1H3,(H,20,24). The van der Waals surface area contributed by atoms with Gasteiger partial charge in [-0.05, 0) is 49.5 Å². The number of hydrogen-bond donors (Lipinski definition) is 1. The lowest BCUT2D eigenvalue weighted by atomic mass is 10.3. The molecule has 0 radical (unpaired) electrons. The zero-order valence-corrected chi connectivity index (χ0v) is 15.7. The highest BCUT2D eigenvalue weighted by Gasteiger charge is 2.06. The number of aryl methyl sites for hydroxylation is 1. The number of furan rings is 1. The third-order valence-electron chi connectivity index (χ3n) is 3.06. The van der Waals surface area contributed by atoms with E-state index < -0.39 is 0 Å². The predicted octanol–water partition coefficient (Wildman–Crippen LogP) is 4.72. The molecule has 0 fully saturated rings. The summed E-state index contributed by atoms with van der Waals surface area (Å²) in [5.41, 5.74) is 0. The minimum Gasteiger partial charge on any atom is -0.484 e. The Hall–Kier alpha value is -1.90. The Morgan fingerprint density at radius 2 is 2.29 bits per heavy atom. The highest BCUT2D eigenvalue weighted by atomic mass is 79.9. The summed E-state index contributed by atoms with van der Waals surface area (Å²) < 4.78 is 14.1.